The summed E-state index contributed by atoms with van der Waals surface area (Å²) in [5.41, 5.74) is 5.47. The van der Waals surface area contributed by atoms with E-state index in [2.05, 4.69) is 30.5 Å². The molecule has 82 valence electrons. The van der Waals surface area contributed by atoms with Gasteiger partial charge in [0.25, 0.3) is 0 Å². The van der Waals surface area contributed by atoms with Crippen LogP contribution in [0.25, 0.3) is 0 Å². The Morgan fingerprint density at radius 1 is 1.57 bits per heavy atom. The second-order valence-corrected chi connectivity index (χ2v) is 6.78. The van der Waals surface area contributed by atoms with Crippen LogP contribution >= 0.6 is 24.0 Å². The summed E-state index contributed by atoms with van der Waals surface area (Å²) in [6, 6.07) is 0. The fourth-order valence-corrected chi connectivity index (χ4v) is 3.10. The lowest BCUT2D eigenvalue weighted by Crippen LogP contribution is -2.43. The molecule has 0 aromatic carbocycles. The molecule has 0 aliphatic carbocycles. The number of thiocarbonyl (C=S) groups is 1. The Morgan fingerprint density at radius 2 is 2.29 bits per heavy atom. The molecular formula is C10H20N2S2. The number of hydrogen-bond donors (Lipinski definition) is 1. The third-order valence-corrected chi connectivity index (χ3v) is 3.90. The lowest BCUT2D eigenvalue weighted by molar-refractivity contribution is 0.259. The highest BCUT2D eigenvalue weighted by molar-refractivity contribution is 8.00. The first-order chi connectivity index (χ1) is 6.49. The van der Waals surface area contributed by atoms with E-state index in [-0.39, 0.29) is 0 Å². The summed E-state index contributed by atoms with van der Waals surface area (Å²) < 4.78 is 0.418. The Kier molecular flexibility index (Phi) is 4.67. The number of nitrogens with two attached hydrogens (primary N) is 1. The minimum atomic E-state index is 0.418. The summed E-state index contributed by atoms with van der Waals surface area (Å²) in [4.78, 5) is 3.17. The third kappa shape index (κ3) is 4.62. The monoisotopic (exact) mass is 232 g/mol. The van der Waals surface area contributed by atoms with Crippen LogP contribution in [-0.2, 0) is 0 Å². The molecule has 0 bridgehead atoms. The van der Waals surface area contributed by atoms with Crippen LogP contribution in [0.3, 0.4) is 0 Å². The predicted molar refractivity (Wildman–Crippen MR) is 69.0 cm³/mol. The summed E-state index contributed by atoms with van der Waals surface area (Å²) in [7, 11) is 0. The highest BCUT2D eigenvalue weighted by atomic mass is 32.2. The van der Waals surface area contributed by atoms with Gasteiger partial charge < -0.3 is 10.6 Å². The molecule has 0 saturated carbocycles. The van der Waals surface area contributed by atoms with Crippen molar-refractivity contribution in [3.05, 3.63) is 0 Å². The van der Waals surface area contributed by atoms with Gasteiger partial charge in [-0.1, -0.05) is 12.2 Å². The van der Waals surface area contributed by atoms with Crippen LogP contribution in [-0.4, -0.2) is 40.0 Å². The Labute approximate surface area is 96.6 Å². The normalized spacial score (nSPS) is 22.1. The molecule has 2 N–H and O–H groups in total. The van der Waals surface area contributed by atoms with Crippen molar-refractivity contribution in [3.63, 3.8) is 0 Å². The molecule has 0 aromatic rings. The summed E-state index contributed by atoms with van der Waals surface area (Å²) in [6.07, 6.45) is 2.00. The van der Waals surface area contributed by atoms with Crippen LogP contribution in [0, 0.1) is 0 Å². The molecule has 0 aromatic heterocycles. The maximum Gasteiger partial charge on any atom is 0.0727 e. The molecule has 0 spiro atoms. The van der Waals surface area contributed by atoms with Crippen molar-refractivity contribution >= 4 is 29.0 Å². The summed E-state index contributed by atoms with van der Waals surface area (Å²) in [6.45, 7) is 8.18. The van der Waals surface area contributed by atoms with E-state index in [0.29, 0.717) is 9.74 Å². The first kappa shape index (κ1) is 12.3. The van der Waals surface area contributed by atoms with Gasteiger partial charge in [0.2, 0.25) is 0 Å². The SMILES string of the molecule is CC1(C)CN(CCCC(N)=S)CCS1. The van der Waals surface area contributed by atoms with E-state index in [4.69, 9.17) is 18.0 Å². The number of thioether (sulfide) groups is 1. The van der Waals surface area contributed by atoms with E-state index >= 15 is 0 Å². The van der Waals surface area contributed by atoms with E-state index in [1.165, 1.54) is 18.8 Å². The molecule has 1 rings (SSSR count). The lowest BCUT2D eigenvalue weighted by atomic mass is 10.1. The van der Waals surface area contributed by atoms with Gasteiger partial charge in [-0.15, -0.1) is 0 Å². The third-order valence-electron chi connectivity index (χ3n) is 2.40. The van der Waals surface area contributed by atoms with Crippen molar-refractivity contribution in [3.8, 4) is 0 Å². The summed E-state index contributed by atoms with van der Waals surface area (Å²) in [5.74, 6) is 1.25. The smallest absolute Gasteiger partial charge is 0.0727 e. The molecule has 0 unspecified atom stereocenters. The number of hydrogen-bond acceptors (Lipinski definition) is 3. The average Bonchev–Trinajstić information content (AvgIpc) is 2.01. The molecule has 14 heavy (non-hydrogen) atoms. The standard InChI is InChI=1S/C10H20N2S2/c1-10(2)8-12(6-7-14-10)5-3-4-9(11)13/h3-8H2,1-2H3,(H2,11,13). The zero-order chi connectivity index (χ0) is 10.6. The van der Waals surface area contributed by atoms with Crippen LogP contribution in [0.5, 0.6) is 0 Å². The molecule has 1 fully saturated rings. The van der Waals surface area contributed by atoms with Crippen LogP contribution in [0.4, 0.5) is 0 Å². The molecule has 0 radical (unpaired) electrons. The highest BCUT2D eigenvalue weighted by Crippen LogP contribution is 2.29. The maximum absolute atomic E-state index is 5.47. The minimum Gasteiger partial charge on any atom is -0.393 e. The van der Waals surface area contributed by atoms with Crippen LogP contribution < -0.4 is 5.73 Å². The Hall–Kier alpha value is 0.200. The van der Waals surface area contributed by atoms with Gasteiger partial charge in [-0.05, 0) is 33.2 Å². The van der Waals surface area contributed by atoms with Crippen molar-refractivity contribution in [2.45, 2.75) is 31.4 Å². The molecule has 4 heteroatoms. The number of rotatable bonds is 4. The van der Waals surface area contributed by atoms with Crippen LogP contribution in [0.1, 0.15) is 26.7 Å². The molecule has 0 atom stereocenters. The van der Waals surface area contributed by atoms with Crippen molar-refractivity contribution < 1.29 is 0 Å². The zero-order valence-corrected chi connectivity index (χ0v) is 10.7. The maximum atomic E-state index is 5.47. The second kappa shape index (κ2) is 5.33. The van der Waals surface area contributed by atoms with Gasteiger partial charge in [0.05, 0.1) is 4.99 Å². The van der Waals surface area contributed by atoms with Crippen LogP contribution in [0.2, 0.25) is 0 Å². The fourth-order valence-electron chi connectivity index (χ4n) is 1.78. The quantitative estimate of drug-likeness (QED) is 0.750. The van der Waals surface area contributed by atoms with Gasteiger partial charge in [-0.3, -0.25) is 0 Å². The average molecular weight is 232 g/mol. The Bertz CT molecular complexity index is 204. The summed E-state index contributed by atoms with van der Waals surface area (Å²) in [5, 5.41) is 0. The van der Waals surface area contributed by atoms with Gasteiger partial charge in [-0.2, -0.15) is 11.8 Å². The van der Waals surface area contributed by atoms with Crippen molar-refractivity contribution in [1.29, 1.82) is 0 Å². The van der Waals surface area contributed by atoms with E-state index in [1.807, 2.05) is 0 Å². The van der Waals surface area contributed by atoms with Crippen molar-refractivity contribution in [2.75, 3.05) is 25.4 Å². The van der Waals surface area contributed by atoms with Gasteiger partial charge in [0.15, 0.2) is 0 Å². The van der Waals surface area contributed by atoms with E-state index in [0.717, 1.165) is 19.4 Å². The Morgan fingerprint density at radius 3 is 2.86 bits per heavy atom. The van der Waals surface area contributed by atoms with Gasteiger partial charge in [0.1, 0.15) is 0 Å². The zero-order valence-electron chi connectivity index (χ0n) is 9.08. The summed E-state index contributed by atoms with van der Waals surface area (Å²) >= 11 is 6.93. The first-order valence-electron chi connectivity index (χ1n) is 5.14. The van der Waals surface area contributed by atoms with Gasteiger partial charge in [-0.25, -0.2) is 0 Å². The molecule has 1 heterocycles. The minimum absolute atomic E-state index is 0.418. The predicted octanol–water partition coefficient (Wildman–Crippen LogP) is 1.88. The van der Waals surface area contributed by atoms with Crippen LogP contribution in [0.15, 0.2) is 0 Å². The topological polar surface area (TPSA) is 29.3 Å². The second-order valence-electron chi connectivity index (χ2n) is 4.45. The molecule has 0 amide bonds. The first-order valence-corrected chi connectivity index (χ1v) is 6.54. The van der Waals surface area contributed by atoms with Crippen molar-refractivity contribution in [1.82, 2.24) is 4.90 Å². The molecule has 1 aliphatic heterocycles. The molecule has 1 saturated heterocycles. The van der Waals surface area contributed by atoms with E-state index < -0.39 is 0 Å². The van der Waals surface area contributed by atoms with Gasteiger partial charge >= 0.3 is 0 Å². The van der Waals surface area contributed by atoms with Gasteiger partial charge in [0, 0.05) is 23.6 Å². The molecule has 1 aliphatic rings. The highest BCUT2D eigenvalue weighted by Gasteiger charge is 2.26. The van der Waals surface area contributed by atoms with Crippen molar-refractivity contribution in [2.24, 2.45) is 5.73 Å². The molecular weight excluding hydrogens is 212 g/mol. The lowest BCUT2D eigenvalue weighted by Gasteiger charge is -2.37. The van der Waals surface area contributed by atoms with E-state index in [1.54, 1.807) is 0 Å². The fraction of sp³-hybridized carbons (Fsp3) is 0.900. The Balaban J connectivity index is 2.21. The molecule has 2 nitrogen and oxygen atoms in total. The largest absolute Gasteiger partial charge is 0.393 e. The number of nitrogens with zero attached hydrogens (tertiary/aromatic N) is 1. The van der Waals surface area contributed by atoms with E-state index in [9.17, 15) is 0 Å².